The van der Waals surface area contributed by atoms with Crippen LogP contribution in [0.5, 0.6) is 5.75 Å². The predicted octanol–water partition coefficient (Wildman–Crippen LogP) is 3.25. The highest BCUT2D eigenvalue weighted by Crippen LogP contribution is 2.25. The molecule has 1 atom stereocenters. The zero-order valence-electron chi connectivity index (χ0n) is 13.4. The summed E-state index contributed by atoms with van der Waals surface area (Å²) in [6, 6.07) is 12.9. The highest BCUT2D eigenvalue weighted by atomic mass is 35.5. The fraction of sp³-hybridized carbons (Fsp3) is 0.222. The summed E-state index contributed by atoms with van der Waals surface area (Å²) in [5.41, 5.74) is 5.88. The Balaban J connectivity index is 2.06. The third-order valence-corrected chi connectivity index (χ3v) is 3.84. The molecule has 0 heterocycles. The number of hydrazine groups is 1. The molecule has 2 aromatic carbocycles. The van der Waals surface area contributed by atoms with E-state index in [4.69, 9.17) is 11.6 Å². The van der Waals surface area contributed by atoms with Gasteiger partial charge in [-0.05, 0) is 41.8 Å². The van der Waals surface area contributed by atoms with Crippen molar-refractivity contribution >= 4 is 23.4 Å². The zero-order valence-corrected chi connectivity index (χ0v) is 14.2. The lowest BCUT2D eigenvalue weighted by Gasteiger charge is -2.21. The number of phenolic OH excluding ortho intramolecular Hbond substituents is 1. The zero-order chi connectivity index (χ0) is 17.7. The Morgan fingerprint density at radius 1 is 1.04 bits per heavy atom. The van der Waals surface area contributed by atoms with Gasteiger partial charge in [-0.15, -0.1) is 0 Å². The second kappa shape index (κ2) is 7.84. The molecule has 0 aliphatic heterocycles. The highest BCUT2D eigenvalue weighted by molar-refractivity contribution is 6.30. The molecule has 126 valence electrons. The summed E-state index contributed by atoms with van der Waals surface area (Å²) in [5.74, 6) is -1.23. The van der Waals surface area contributed by atoms with Gasteiger partial charge in [0.2, 0.25) is 5.91 Å². The van der Waals surface area contributed by atoms with Gasteiger partial charge in [0.1, 0.15) is 5.75 Å². The molecule has 0 radical (unpaired) electrons. The van der Waals surface area contributed by atoms with E-state index in [0.717, 1.165) is 5.56 Å². The number of rotatable bonds is 4. The maximum Gasteiger partial charge on any atom is 0.269 e. The van der Waals surface area contributed by atoms with E-state index in [0.29, 0.717) is 5.02 Å². The lowest BCUT2D eigenvalue weighted by molar-refractivity contribution is -0.124. The molecule has 0 fully saturated rings. The largest absolute Gasteiger partial charge is 0.508 e. The van der Waals surface area contributed by atoms with E-state index < -0.39 is 11.8 Å². The molecule has 0 unspecified atom stereocenters. The van der Waals surface area contributed by atoms with Gasteiger partial charge in [0.25, 0.3) is 5.91 Å². The second-order valence-corrected chi connectivity index (χ2v) is 6.20. The van der Waals surface area contributed by atoms with Gasteiger partial charge in [-0.1, -0.05) is 43.6 Å². The molecule has 24 heavy (non-hydrogen) atoms. The Kier molecular flexibility index (Phi) is 5.82. The minimum Gasteiger partial charge on any atom is -0.508 e. The van der Waals surface area contributed by atoms with Crippen LogP contribution in [-0.4, -0.2) is 16.9 Å². The summed E-state index contributed by atoms with van der Waals surface area (Å²) < 4.78 is 0. The first kappa shape index (κ1) is 17.8. The Labute approximate surface area is 145 Å². The fourth-order valence-corrected chi connectivity index (χ4v) is 2.55. The number of carbonyl (C=O) groups excluding carboxylic acids is 2. The van der Waals surface area contributed by atoms with Gasteiger partial charge >= 0.3 is 0 Å². The van der Waals surface area contributed by atoms with Crippen LogP contribution in [0.3, 0.4) is 0 Å². The summed E-state index contributed by atoms with van der Waals surface area (Å²) in [5, 5.41) is 9.99. The molecule has 6 heteroatoms. The van der Waals surface area contributed by atoms with E-state index in [-0.39, 0.29) is 23.1 Å². The summed E-state index contributed by atoms with van der Waals surface area (Å²) in [6.07, 6.45) is 0. The van der Waals surface area contributed by atoms with Crippen molar-refractivity contribution in [1.82, 2.24) is 10.9 Å². The molecular formula is C18H19ClN2O3. The van der Waals surface area contributed by atoms with Gasteiger partial charge in [-0.3, -0.25) is 20.4 Å². The predicted molar refractivity (Wildman–Crippen MR) is 92.7 cm³/mol. The SMILES string of the molecule is CC(C)[C@H](C(=O)NNC(=O)c1cccc(O)c1)c1ccc(Cl)cc1. The third-order valence-electron chi connectivity index (χ3n) is 3.59. The standard InChI is InChI=1S/C18H19ClN2O3/c1-11(2)16(12-6-8-14(19)9-7-12)18(24)21-20-17(23)13-4-3-5-15(22)10-13/h3-11,16,22H,1-2H3,(H,20,23)(H,21,24)/t16-/m0/s1. The number of hydrogen-bond acceptors (Lipinski definition) is 3. The van der Waals surface area contributed by atoms with Crippen molar-refractivity contribution in [3.05, 3.63) is 64.7 Å². The molecule has 0 saturated carbocycles. The average Bonchev–Trinajstić information content (AvgIpc) is 2.54. The van der Waals surface area contributed by atoms with Crippen molar-refractivity contribution in [2.75, 3.05) is 0 Å². The topological polar surface area (TPSA) is 78.4 Å². The van der Waals surface area contributed by atoms with E-state index in [1.54, 1.807) is 36.4 Å². The number of halogens is 1. The lowest BCUT2D eigenvalue weighted by Crippen LogP contribution is -2.44. The highest BCUT2D eigenvalue weighted by Gasteiger charge is 2.24. The van der Waals surface area contributed by atoms with Gasteiger partial charge in [0.05, 0.1) is 5.92 Å². The molecule has 0 bridgehead atoms. The van der Waals surface area contributed by atoms with Crippen molar-refractivity contribution in [2.45, 2.75) is 19.8 Å². The van der Waals surface area contributed by atoms with Gasteiger partial charge in [0.15, 0.2) is 0 Å². The van der Waals surface area contributed by atoms with Crippen molar-refractivity contribution in [3.63, 3.8) is 0 Å². The van der Waals surface area contributed by atoms with Crippen LogP contribution in [0, 0.1) is 5.92 Å². The van der Waals surface area contributed by atoms with E-state index in [9.17, 15) is 14.7 Å². The molecule has 2 amide bonds. The fourth-order valence-electron chi connectivity index (χ4n) is 2.42. The van der Waals surface area contributed by atoms with Crippen LogP contribution in [0.2, 0.25) is 5.02 Å². The first-order valence-electron chi connectivity index (χ1n) is 7.53. The van der Waals surface area contributed by atoms with Crippen molar-refractivity contribution in [1.29, 1.82) is 0 Å². The summed E-state index contributed by atoms with van der Waals surface area (Å²) in [6.45, 7) is 3.85. The van der Waals surface area contributed by atoms with Crippen molar-refractivity contribution in [3.8, 4) is 5.75 Å². The summed E-state index contributed by atoms with van der Waals surface area (Å²) >= 11 is 5.88. The monoisotopic (exact) mass is 346 g/mol. The van der Waals surface area contributed by atoms with E-state index in [1.807, 2.05) is 13.8 Å². The van der Waals surface area contributed by atoms with Crippen LogP contribution in [-0.2, 0) is 4.79 Å². The third kappa shape index (κ3) is 4.49. The number of aromatic hydroxyl groups is 1. The molecule has 2 rings (SSSR count). The summed E-state index contributed by atoms with van der Waals surface area (Å²) in [7, 11) is 0. The van der Waals surface area contributed by atoms with Crippen LogP contribution in [0.4, 0.5) is 0 Å². The van der Waals surface area contributed by atoms with E-state index in [1.165, 1.54) is 12.1 Å². The molecule has 0 aliphatic carbocycles. The first-order chi connectivity index (χ1) is 11.4. The Morgan fingerprint density at radius 3 is 2.29 bits per heavy atom. The number of hydrogen-bond donors (Lipinski definition) is 3. The minimum absolute atomic E-state index is 0.0183. The van der Waals surface area contributed by atoms with E-state index >= 15 is 0 Å². The quantitative estimate of drug-likeness (QED) is 0.743. The molecular weight excluding hydrogens is 328 g/mol. The van der Waals surface area contributed by atoms with Crippen LogP contribution >= 0.6 is 11.6 Å². The molecule has 0 aliphatic rings. The summed E-state index contributed by atoms with van der Waals surface area (Å²) in [4.78, 5) is 24.5. The lowest BCUT2D eigenvalue weighted by atomic mass is 9.88. The van der Waals surface area contributed by atoms with Crippen LogP contribution < -0.4 is 10.9 Å². The molecule has 0 spiro atoms. The second-order valence-electron chi connectivity index (χ2n) is 5.77. The van der Waals surface area contributed by atoms with Crippen LogP contribution in [0.15, 0.2) is 48.5 Å². The van der Waals surface area contributed by atoms with Gasteiger partial charge < -0.3 is 5.11 Å². The van der Waals surface area contributed by atoms with E-state index in [2.05, 4.69) is 10.9 Å². The molecule has 2 aromatic rings. The maximum atomic E-state index is 12.5. The van der Waals surface area contributed by atoms with Crippen LogP contribution in [0.25, 0.3) is 0 Å². The molecule has 3 N–H and O–H groups in total. The molecule has 0 aromatic heterocycles. The minimum atomic E-state index is -0.502. The number of phenols is 1. The van der Waals surface area contributed by atoms with Gasteiger partial charge in [-0.2, -0.15) is 0 Å². The number of amides is 2. The number of benzene rings is 2. The Hall–Kier alpha value is -2.53. The smallest absolute Gasteiger partial charge is 0.269 e. The Morgan fingerprint density at radius 2 is 1.71 bits per heavy atom. The van der Waals surface area contributed by atoms with Gasteiger partial charge in [-0.25, -0.2) is 0 Å². The average molecular weight is 347 g/mol. The van der Waals surface area contributed by atoms with Crippen LogP contribution in [0.1, 0.15) is 35.7 Å². The first-order valence-corrected chi connectivity index (χ1v) is 7.91. The van der Waals surface area contributed by atoms with Crippen molar-refractivity contribution < 1.29 is 14.7 Å². The van der Waals surface area contributed by atoms with Gasteiger partial charge in [0, 0.05) is 10.6 Å². The molecule has 5 nitrogen and oxygen atoms in total. The molecule has 0 saturated heterocycles. The number of carbonyl (C=O) groups is 2. The maximum absolute atomic E-state index is 12.5. The normalized spacial score (nSPS) is 11.8. The number of nitrogens with one attached hydrogen (secondary N) is 2. The Bertz CT molecular complexity index is 729. The van der Waals surface area contributed by atoms with Crippen molar-refractivity contribution in [2.24, 2.45) is 5.92 Å².